The van der Waals surface area contributed by atoms with Crippen LogP contribution < -0.4 is 15.4 Å². The van der Waals surface area contributed by atoms with Crippen molar-refractivity contribution in [3.05, 3.63) is 64.1 Å². The van der Waals surface area contributed by atoms with E-state index in [1.54, 1.807) is 49.1 Å². The van der Waals surface area contributed by atoms with Crippen molar-refractivity contribution in [1.82, 2.24) is 20.1 Å². The highest BCUT2D eigenvalue weighted by molar-refractivity contribution is 9.10. The molecule has 1 aromatic heterocycles. The molecule has 0 fully saturated rings. The van der Waals surface area contributed by atoms with E-state index in [9.17, 15) is 14.0 Å². The van der Waals surface area contributed by atoms with Crippen molar-refractivity contribution in [2.24, 2.45) is 7.05 Å². The number of benzene rings is 2. The van der Waals surface area contributed by atoms with Crippen LogP contribution in [0.5, 0.6) is 5.75 Å². The maximum Gasteiger partial charge on any atom is 0.251 e. The molecule has 162 valence electrons. The number of nitrogens with zero attached hydrogens (tertiary/aromatic N) is 3. The molecule has 0 spiro atoms. The van der Waals surface area contributed by atoms with E-state index >= 15 is 0 Å². The van der Waals surface area contributed by atoms with Crippen molar-refractivity contribution in [2.45, 2.75) is 11.7 Å². The van der Waals surface area contributed by atoms with E-state index in [1.165, 1.54) is 12.1 Å². The molecule has 31 heavy (non-hydrogen) atoms. The zero-order valence-electron chi connectivity index (χ0n) is 16.7. The Hall–Kier alpha value is -2.92. The fourth-order valence-electron chi connectivity index (χ4n) is 2.54. The molecule has 0 bridgehead atoms. The van der Waals surface area contributed by atoms with E-state index in [-0.39, 0.29) is 29.8 Å². The molecule has 0 radical (unpaired) electrons. The first-order valence-corrected chi connectivity index (χ1v) is 10.8. The second kappa shape index (κ2) is 10.4. The van der Waals surface area contributed by atoms with E-state index in [0.717, 1.165) is 11.8 Å². The van der Waals surface area contributed by atoms with Crippen LogP contribution in [0.15, 0.2) is 52.1 Å². The summed E-state index contributed by atoms with van der Waals surface area (Å²) in [6.45, 7) is 0.172. The molecule has 0 aliphatic heterocycles. The van der Waals surface area contributed by atoms with Crippen LogP contribution >= 0.6 is 27.7 Å². The minimum Gasteiger partial charge on any atom is -0.497 e. The fraction of sp³-hybridized carbons (Fsp3) is 0.200. The van der Waals surface area contributed by atoms with Gasteiger partial charge in [-0.15, -0.1) is 10.2 Å². The van der Waals surface area contributed by atoms with Crippen molar-refractivity contribution in [1.29, 1.82) is 0 Å². The number of hydrogen-bond donors (Lipinski definition) is 2. The molecular formula is C20H19BrFN5O3S. The number of hydrogen-bond acceptors (Lipinski definition) is 6. The van der Waals surface area contributed by atoms with Gasteiger partial charge in [-0.1, -0.05) is 27.7 Å². The third-order valence-corrected chi connectivity index (χ3v) is 5.74. The zero-order chi connectivity index (χ0) is 22.4. The fourth-order valence-corrected chi connectivity index (χ4v) is 3.60. The quantitative estimate of drug-likeness (QED) is 0.453. The van der Waals surface area contributed by atoms with Crippen molar-refractivity contribution in [3.63, 3.8) is 0 Å². The molecule has 8 nitrogen and oxygen atoms in total. The van der Waals surface area contributed by atoms with E-state index in [0.29, 0.717) is 26.8 Å². The number of methoxy groups -OCH3 is 1. The van der Waals surface area contributed by atoms with E-state index in [2.05, 4.69) is 36.8 Å². The summed E-state index contributed by atoms with van der Waals surface area (Å²) in [5.41, 5.74) is 0.600. The summed E-state index contributed by atoms with van der Waals surface area (Å²) >= 11 is 4.33. The molecule has 3 rings (SSSR count). The number of thioether (sulfide) groups is 1. The van der Waals surface area contributed by atoms with Crippen LogP contribution in [0.4, 0.5) is 10.1 Å². The summed E-state index contributed by atoms with van der Waals surface area (Å²) in [5.74, 6) is 0.0717. The molecule has 11 heteroatoms. The third kappa shape index (κ3) is 6.05. The van der Waals surface area contributed by atoms with Gasteiger partial charge in [0.1, 0.15) is 11.6 Å². The van der Waals surface area contributed by atoms with Crippen LogP contribution in [0.3, 0.4) is 0 Å². The number of amides is 2. The van der Waals surface area contributed by atoms with Gasteiger partial charge in [-0.3, -0.25) is 9.59 Å². The van der Waals surface area contributed by atoms with Crippen molar-refractivity contribution in [3.8, 4) is 5.75 Å². The zero-order valence-corrected chi connectivity index (χ0v) is 19.1. The molecule has 1 heterocycles. The summed E-state index contributed by atoms with van der Waals surface area (Å²) < 4.78 is 21.2. The lowest BCUT2D eigenvalue weighted by molar-refractivity contribution is -0.113. The van der Waals surface area contributed by atoms with Gasteiger partial charge in [0, 0.05) is 17.1 Å². The van der Waals surface area contributed by atoms with Crippen LogP contribution in [0, 0.1) is 5.82 Å². The minimum atomic E-state index is -0.527. The van der Waals surface area contributed by atoms with Gasteiger partial charge in [0.2, 0.25) is 5.91 Å². The number of ether oxygens (including phenoxy) is 1. The normalized spacial score (nSPS) is 10.6. The molecular weight excluding hydrogens is 489 g/mol. The second-order valence-electron chi connectivity index (χ2n) is 6.33. The first-order valence-electron chi connectivity index (χ1n) is 9.05. The number of aromatic nitrogens is 3. The Balaban J connectivity index is 1.52. The average molecular weight is 508 g/mol. The van der Waals surface area contributed by atoms with Crippen LogP contribution in [0.1, 0.15) is 16.2 Å². The lowest BCUT2D eigenvalue weighted by Gasteiger charge is -2.08. The van der Waals surface area contributed by atoms with Gasteiger partial charge in [0.05, 0.1) is 25.1 Å². The summed E-state index contributed by atoms with van der Waals surface area (Å²) in [6.07, 6.45) is 0. The number of rotatable bonds is 8. The van der Waals surface area contributed by atoms with Gasteiger partial charge < -0.3 is 19.9 Å². The largest absolute Gasteiger partial charge is 0.497 e. The van der Waals surface area contributed by atoms with E-state index in [1.807, 2.05) is 0 Å². The minimum absolute atomic E-state index is 0.0275. The molecule has 0 atom stereocenters. The predicted octanol–water partition coefficient (Wildman–Crippen LogP) is 3.39. The first kappa shape index (κ1) is 22.8. The summed E-state index contributed by atoms with van der Waals surface area (Å²) in [6, 6.07) is 11.1. The Morgan fingerprint density at radius 1 is 1.19 bits per heavy atom. The summed E-state index contributed by atoms with van der Waals surface area (Å²) in [7, 11) is 3.30. The molecule has 0 aliphatic carbocycles. The van der Waals surface area contributed by atoms with Crippen molar-refractivity contribution < 1.29 is 18.7 Å². The highest BCUT2D eigenvalue weighted by atomic mass is 79.9. The van der Waals surface area contributed by atoms with E-state index < -0.39 is 5.82 Å². The molecule has 2 N–H and O–H groups in total. The number of anilines is 1. The Morgan fingerprint density at radius 2 is 1.94 bits per heavy atom. The summed E-state index contributed by atoms with van der Waals surface area (Å²) in [4.78, 5) is 24.4. The van der Waals surface area contributed by atoms with Crippen LogP contribution in [0.2, 0.25) is 0 Å². The van der Waals surface area contributed by atoms with Crippen molar-refractivity contribution >= 4 is 45.2 Å². The maximum absolute atomic E-state index is 13.8. The number of carbonyl (C=O) groups excluding carboxylic acids is 2. The van der Waals surface area contributed by atoms with Gasteiger partial charge in [0.15, 0.2) is 11.0 Å². The SMILES string of the molecule is COc1ccc(C(=O)NCc2nnc(SCC(=O)Nc3ccc(Br)cc3F)n2C)cc1. The highest BCUT2D eigenvalue weighted by Crippen LogP contribution is 2.21. The van der Waals surface area contributed by atoms with Gasteiger partial charge in [-0.05, 0) is 42.5 Å². The number of nitrogens with one attached hydrogen (secondary N) is 2. The van der Waals surface area contributed by atoms with Crippen LogP contribution in [-0.2, 0) is 18.4 Å². The molecule has 0 unspecified atom stereocenters. The Kier molecular flexibility index (Phi) is 7.64. The monoisotopic (exact) mass is 507 g/mol. The van der Waals surface area contributed by atoms with Gasteiger partial charge in [0.25, 0.3) is 5.91 Å². The topological polar surface area (TPSA) is 98.1 Å². The second-order valence-corrected chi connectivity index (χ2v) is 8.19. The Morgan fingerprint density at radius 3 is 2.61 bits per heavy atom. The lowest BCUT2D eigenvalue weighted by Crippen LogP contribution is -2.24. The average Bonchev–Trinajstić information content (AvgIpc) is 3.12. The lowest BCUT2D eigenvalue weighted by atomic mass is 10.2. The first-order chi connectivity index (χ1) is 14.9. The van der Waals surface area contributed by atoms with Gasteiger partial charge in [-0.2, -0.15) is 0 Å². The smallest absolute Gasteiger partial charge is 0.251 e. The maximum atomic E-state index is 13.8. The molecule has 2 amide bonds. The van der Waals surface area contributed by atoms with Crippen LogP contribution in [0.25, 0.3) is 0 Å². The summed E-state index contributed by atoms with van der Waals surface area (Å²) in [5, 5.41) is 13.9. The Labute approximate surface area is 190 Å². The molecule has 0 saturated carbocycles. The van der Waals surface area contributed by atoms with Crippen molar-refractivity contribution in [2.75, 3.05) is 18.2 Å². The third-order valence-electron chi connectivity index (χ3n) is 4.22. The molecule has 2 aromatic carbocycles. The molecule has 3 aromatic rings. The Bertz CT molecular complexity index is 1090. The predicted molar refractivity (Wildman–Crippen MR) is 119 cm³/mol. The van der Waals surface area contributed by atoms with Crippen LogP contribution in [-0.4, -0.2) is 39.4 Å². The van der Waals surface area contributed by atoms with Gasteiger partial charge >= 0.3 is 0 Å². The highest BCUT2D eigenvalue weighted by Gasteiger charge is 2.14. The number of halogens is 2. The van der Waals surface area contributed by atoms with E-state index in [4.69, 9.17) is 4.74 Å². The molecule has 0 saturated heterocycles. The number of carbonyl (C=O) groups is 2. The molecule has 0 aliphatic rings. The van der Waals surface area contributed by atoms with Gasteiger partial charge in [-0.25, -0.2) is 4.39 Å². The standard InChI is InChI=1S/C20H19BrFN5O3S/c1-27-17(10-23-19(29)12-3-6-14(30-2)7-4-12)25-26-20(27)31-11-18(28)24-16-8-5-13(21)9-15(16)22/h3-9H,10-11H2,1-2H3,(H,23,29)(H,24,28).